The molecule has 0 saturated carbocycles. The second kappa shape index (κ2) is 9.96. The third kappa shape index (κ3) is 3.73. The topological polar surface area (TPSA) is 39.4 Å². The molecule has 0 aliphatic carbocycles. The van der Waals surface area contributed by atoms with Crippen LogP contribution < -0.4 is 0 Å². The second-order valence-electron chi connectivity index (χ2n) is 12.7. The van der Waals surface area contributed by atoms with E-state index in [9.17, 15) is 0 Å². The highest BCUT2D eigenvalue weighted by Gasteiger charge is 2.26. The first-order valence-electron chi connectivity index (χ1n) is 16.6. The fourth-order valence-electron chi connectivity index (χ4n) is 7.97. The number of para-hydroxylation sites is 2. The standard InChI is InChI=1S/C46H26O3/c1-2-12-27(13-3-1)44-43(36-24-23-35-29-14-8-11-21-39(29)48-45(35)46(36)49-44)42-33-18-6-4-16-31(33)41(32-17-5-7-19-34(32)42)28-22-25-40-37(26-28)30-15-9-10-20-38(30)47-40/h1-26H. The van der Waals surface area contributed by atoms with Gasteiger partial charge in [0.2, 0.25) is 0 Å². The summed E-state index contributed by atoms with van der Waals surface area (Å²) in [4.78, 5) is 0. The van der Waals surface area contributed by atoms with Gasteiger partial charge >= 0.3 is 0 Å². The molecule has 11 rings (SSSR count). The van der Waals surface area contributed by atoms with Gasteiger partial charge in [-0.25, -0.2) is 0 Å². The fourth-order valence-corrected chi connectivity index (χ4v) is 7.97. The van der Waals surface area contributed by atoms with Gasteiger partial charge in [0.25, 0.3) is 0 Å². The van der Waals surface area contributed by atoms with Crippen molar-refractivity contribution in [3.63, 3.8) is 0 Å². The monoisotopic (exact) mass is 626 g/mol. The zero-order valence-corrected chi connectivity index (χ0v) is 26.2. The Labute approximate surface area is 280 Å². The van der Waals surface area contributed by atoms with Crippen LogP contribution in [0, 0.1) is 0 Å². The van der Waals surface area contributed by atoms with Gasteiger partial charge in [-0.05, 0) is 69.1 Å². The molecule has 3 heteroatoms. The lowest BCUT2D eigenvalue weighted by molar-refractivity contribution is 0.612. The zero-order chi connectivity index (χ0) is 32.1. The van der Waals surface area contributed by atoms with Crippen LogP contribution in [0.2, 0.25) is 0 Å². The van der Waals surface area contributed by atoms with E-state index in [2.05, 4.69) is 127 Å². The zero-order valence-electron chi connectivity index (χ0n) is 26.2. The Bertz CT molecular complexity index is 3040. The maximum atomic E-state index is 6.97. The molecule has 0 fully saturated rings. The van der Waals surface area contributed by atoms with Crippen LogP contribution in [0.3, 0.4) is 0 Å². The van der Waals surface area contributed by atoms with Crippen molar-refractivity contribution in [2.24, 2.45) is 0 Å². The van der Waals surface area contributed by atoms with Gasteiger partial charge in [-0.3, -0.25) is 0 Å². The molecule has 0 atom stereocenters. The Morgan fingerprint density at radius 1 is 0.265 bits per heavy atom. The van der Waals surface area contributed by atoms with Crippen LogP contribution in [-0.4, -0.2) is 0 Å². The van der Waals surface area contributed by atoms with Gasteiger partial charge in [0, 0.05) is 43.6 Å². The average Bonchev–Trinajstić information content (AvgIpc) is 3.85. The molecule has 0 bridgehead atoms. The molecule has 11 aromatic rings. The van der Waals surface area contributed by atoms with Gasteiger partial charge in [0.15, 0.2) is 11.2 Å². The van der Waals surface area contributed by atoms with Gasteiger partial charge in [-0.2, -0.15) is 0 Å². The van der Waals surface area contributed by atoms with E-state index in [1.807, 2.05) is 30.3 Å². The fraction of sp³-hybridized carbons (Fsp3) is 0. The number of benzene rings is 8. The number of rotatable bonds is 3. The summed E-state index contributed by atoms with van der Waals surface area (Å²) in [5.74, 6) is 0.831. The minimum absolute atomic E-state index is 0.761. The van der Waals surface area contributed by atoms with Gasteiger partial charge < -0.3 is 13.3 Å². The summed E-state index contributed by atoms with van der Waals surface area (Å²) in [6, 6.07) is 55.4. The first kappa shape index (κ1) is 26.5. The third-order valence-corrected chi connectivity index (χ3v) is 10.1. The Morgan fingerprint density at radius 2 is 0.776 bits per heavy atom. The summed E-state index contributed by atoms with van der Waals surface area (Å²) in [7, 11) is 0. The van der Waals surface area contributed by atoms with Crippen molar-refractivity contribution in [1.29, 1.82) is 0 Å². The summed E-state index contributed by atoms with van der Waals surface area (Å²) in [5, 5.41) is 10.1. The van der Waals surface area contributed by atoms with Crippen molar-refractivity contribution < 1.29 is 13.3 Å². The van der Waals surface area contributed by atoms with E-state index in [-0.39, 0.29) is 0 Å². The van der Waals surface area contributed by atoms with Gasteiger partial charge in [-0.15, -0.1) is 0 Å². The predicted molar refractivity (Wildman–Crippen MR) is 202 cm³/mol. The quantitative estimate of drug-likeness (QED) is 0.183. The molecule has 0 unspecified atom stereocenters. The Hall–Kier alpha value is -6.58. The van der Waals surface area contributed by atoms with Crippen molar-refractivity contribution in [3.05, 3.63) is 158 Å². The Balaban J connectivity index is 1.28. The van der Waals surface area contributed by atoms with Crippen LogP contribution in [0.4, 0.5) is 0 Å². The van der Waals surface area contributed by atoms with E-state index < -0.39 is 0 Å². The van der Waals surface area contributed by atoms with Crippen LogP contribution in [0.1, 0.15) is 0 Å². The minimum atomic E-state index is 0.761. The molecule has 0 spiro atoms. The molecule has 49 heavy (non-hydrogen) atoms. The van der Waals surface area contributed by atoms with E-state index in [1.54, 1.807) is 0 Å². The number of hydrogen-bond donors (Lipinski definition) is 0. The van der Waals surface area contributed by atoms with Crippen LogP contribution in [0.25, 0.3) is 110 Å². The number of furan rings is 3. The first-order chi connectivity index (χ1) is 24.3. The maximum absolute atomic E-state index is 6.97. The van der Waals surface area contributed by atoms with Gasteiger partial charge in [-0.1, -0.05) is 121 Å². The van der Waals surface area contributed by atoms with Gasteiger partial charge in [0.05, 0.1) is 0 Å². The van der Waals surface area contributed by atoms with Crippen LogP contribution >= 0.6 is 0 Å². The van der Waals surface area contributed by atoms with Crippen molar-refractivity contribution in [2.75, 3.05) is 0 Å². The number of hydrogen-bond acceptors (Lipinski definition) is 3. The van der Waals surface area contributed by atoms with Crippen molar-refractivity contribution in [3.8, 4) is 33.6 Å². The average molecular weight is 627 g/mol. The van der Waals surface area contributed by atoms with Crippen molar-refractivity contribution in [1.82, 2.24) is 0 Å². The number of fused-ring (bicyclic) bond motifs is 10. The van der Waals surface area contributed by atoms with Crippen LogP contribution in [0.15, 0.2) is 171 Å². The molecule has 0 aliphatic heterocycles. The van der Waals surface area contributed by atoms with Crippen LogP contribution in [-0.2, 0) is 0 Å². The summed E-state index contributed by atoms with van der Waals surface area (Å²) in [6.45, 7) is 0. The largest absolute Gasteiger partial charge is 0.456 e. The SMILES string of the molecule is c1ccc(-c2oc3c(ccc4c5ccccc5oc43)c2-c2c3ccccc3c(-c3ccc4oc5ccccc5c4c3)c3ccccc23)cc1. The summed E-state index contributed by atoms with van der Waals surface area (Å²) in [6.07, 6.45) is 0. The molecule has 0 aliphatic rings. The summed E-state index contributed by atoms with van der Waals surface area (Å²) >= 11 is 0. The smallest absolute Gasteiger partial charge is 0.178 e. The summed E-state index contributed by atoms with van der Waals surface area (Å²) < 4.78 is 19.7. The molecular formula is C46H26O3. The lowest BCUT2D eigenvalue weighted by atomic mass is 9.84. The Morgan fingerprint density at radius 3 is 1.47 bits per heavy atom. The van der Waals surface area contributed by atoms with Crippen LogP contribution in [0.5, 0.6) is 0 Å². The first-order valence-corrected chi connectivity index (χ1v) is 16.6. The third-order valence-electron chi connectivity index (χ3n) is 10.1. The maximum Gasteiger partial charge on any atom is 0.178 e. The Kier molecular flexibility index (Phi) is 5.38. The molecule has 0 saturated heterocycles. The normalized spacial score (nSPS) is 12.1. The molecule has 0 amide bonds. The molecule has 3 heterocycles. The minimum Gasteiger partial charge on any atom is -0.456 e. The van der Waals surface area contributed by atoms with E-state index in [1.165, 1.54) is 16.3 Å². The molecular weight excluding hydrogens is 601 g/mol. The van der Waals surface area contributed by atoms with E-state index >= 15 is 0 Å². The van der Waals surface area contributed by atoms with E-state index in [4.69, 9.17) is 13.3 Å². The highest BCUT2D eigenvalue weighted by atomic mass is 16.4. The highest BCUT2D eigenvalue weighted by molar-refractivity contribution is 6.27. The second-order valence-corrected chi connectivity index (χ2v) is 12.7. The molecule has 8 aromatic carbocycles. The highest BCUT2D eigenvalue weighted by Crippen LogP contribution is 2.51. The lowest BCUT2D eigenvalue weighted by Gasteiger charge is -2.18. The molecule has 0 N–H and O–H groups in total. The molecule has 3 nitrogen and oxygen atoms in total. The van der Waals surface area contributed by atoms with E-state index in [0.717, 1.165) is 93.6 Å². The summed E-state index contributed by atoms with van der Waals surface area (Å²) in [5.41, 5.74) is 9.78. The lowest BCUT2D eigenvalue weighted by Crippen LogP contribution is -1.91. The molecule has 228 valence electrons. The molecule has 3 aromatic heterocycles. The van der Waals surface area contributed by atoms with Gasteiger partial charge in [0.1, 0.15) is 22.5 Å². The van der Waals surface area contributed by atoms with E-state index in [0.29, 0.717) is 0 Å². The predicted octanol–water partition coefficient (Wildman–Crippen LogP) is 13.5. The van der Waals surface area contributed by atoms with Crippen molar-refractivity contribution in [2.45, 2.75) is 0 Å². The molecule has 0 radical (unpaired) electrons. The van der Waals surface area contributed by atoms with Crippen molar-refractivity contribution >= 4 is 76.4 Å².